The first-order valence-corrected chi connectivity index (χ1v) is 5.28. The summed E-state index contributed by atoms with van der Waals surface area (Å²) in [5.41, 5.74) is 0.858. The number of nitrogens with zero attached hydrogens (tertiary/aromatic N) is 1. The molecule has 0 aliphatic heterocycles. The van der Waals surface area contributed by atoms with Crippen LogP contribution >= 0.6 is 11.6 Å². The van der Waals surface area contributed by atoms with Crippen LogP contribution in [0, 0.1) is 0 Å². The summed E-state index contributed by atoms with van der Waals surface area (Å²) in [6.07, 6.45) is -0.392. The molecule has 0 aliphatic rings. The van der Waals surface area contributed by atoms with Crippen LogP contribution in [0.4, 0.5) is 5.69 Å². The first-order chi connectivity index (χ1) is 7.09. The lowest BCUT2D eigenvalue weighted by Crippen LogP contribution is -2.31. The molecule has 0 bridgehead atoms. The number of aliphatic hydroxyl groups is 1. The van der Waals surface area contributed by atoms with Crippen LogP contribution in [0.2, 0.25) is 5.02 Å². The highest BCUT2D eigenvalue weighted by atomic mass is 35.5. The highest BCUT2D eigenvalue weighted by Gasteiger charge is 2.05. The van der Waals surface area contributed by atoms with Gasteiger partial charge in [-0.1, -0.05) is 23.7 Å². The van der Waals surface area contributed by atoms with Gasteiger partial charge in [-0.25, -0.2) is 0 Å². The number of hydrogen-bond acceptors (Lipinski definition) is 3. The molecule has 84 valence electrons. The molecule has 0 saturated heterocycles. The third-order valence-corrected chi connectivity index (χ3v) is 2.31. The van der Waals surface area contributed by atoms with Gasteiger partial charge in [0, 0.05) is 13.1 Å². The number of rotatable bonds is 5. The zero-order valence-electron chi connectivity index (χ0n) is 9.07. The maximum absolute atomic E-state index is 9.62. The van der Waals surface area contributed by atoms with E-state index in [1.54, 1.807) is 0 Å². The molecule has 0 aromatic heterocycles. The second-order valence-corrected chi connectivity index (χ2v) is 4.18. The molecular formula is C11H17ClN2O. The Bertz CT molecular complexity index is 304. The predicted molar refractivity (Wildman–Crippen MR) is 64.5 cm³/mol. The van der Waals surface area contributed by atoms with E-state index >= 15 is 0 Å². The van der Waals surface area contributed by atoms with Gasteiger partial charge in [-0.05, 0) is 26.2 Å². The van der Waals surface area contributed by atoms with Gasteiger partial charge in [0.05, 0.1) is 16.8 Å². The summed E-state index contributed by atoms with van der Waals surface area (Å²) < 4.78 is 0. The van der Waals surface area contributed by atoms with Gasteiger partial charge in [0.1, 0.15) is 0 Å². The number of para-hydroxylation sites is 1. The molecule has 2 N–H and O–H groups in total. The molecule has 0 amide bonds. The zero-order valence-corrected chi connectivity index (χ0v) is 9.83. The van der Waals surface area contributed by atoms with Crippen molar-refractivity contribution in [2.24, 2.45) is 0 Å². The SMILES string of the molecule is CN(C)CC(O)CNc1ccccc1Cl. The normalized spacial score (nSPS) is 12.9. The summed E-state index contributed by atoms with van der Waals surface area (Å²) in [5.74, 6) is 0. The van der Waals surface area contributed by atoms with Crippen LogP contribution in [-0.2, 0) is 0 Å². The summed E-state index contributed by atoms with van der Waals surface area (Å²) in [6, 6.07) is 7.50. The standard InChI is InChI=1S/C11H17ClN2O/c1-14(2)8-9(15)7-13-11-6-4-3-5-10(11)12/h3-6,9,13,15H,7-8H2,1-2H3. The molecule has 4 heteroatoms. The van der Waals surface area contributed by atoms with Crippen molar-refractivity contribution in [3.05, 3.63) is 29.3 Å². The molecule has 0 saturated carbocycles. The molecule has 15 heavy (non-hydrogen) atoms. The fraction of sp³-hybridized carbons (Fsp3) is 0.455. The van der Waals surface area contributed by atoms with Crippen LogP contribution in [0.5, 0.6) is 0 Å². The first kappa shape index (κ1) is 12.3. The topological polar surface area (TPSA) is 35.5 Å². The van der Waals surface area contributed by atoms with Gasteiger partial charge in [-0.15, -0.1) is 0 Å². The van der Waals surface area contributed by atoms with E-state index in [0.29, 0.717) is 18.1 Å². The van der Waals surface area contributed by atoms with Gasteiger partial charge in [-0.3, -0.25) is 0 Å². The van der Waals surface area contributed by atoms with Crippen molar-refractivity contribution >= 4 is 17.3 Å². The maximum atomic E-state index is 9.62. The molecule has 3 nitrogen and oxygen atoms in total. The van der Waals surface area contributed by atoms with Gasteiger partial charge < -0.3 is 15.3 Å². The van der Waals surface area contributed by atoms with E-state index in [1.807, 2.05) is 43.3 Å². The lowest BCUT2D eigenvalue weighted by Gasteiger charge is -2.17. The Kier molecular flexibility index (Phi) is 4.88. The Hall–Kier alpha value is -0.770. The molecule has 0 fully saturated rings. The number of likely N-dealkylation sites (N-methyl/N-ethyl adjacent to an activating group) is 1. The van der Waals surface area contributed by atoms with Gasteiger partial charge in [0.2, 0.25) is 0 Å². The molecule has 1 aromatic rings. The smallest absolute Gasteiger partial charge is 0.0838 e. The van der Waals surface area contributed by atoms with Crippen molar-refractivity contribution in [2.75, 3.05) is 32.5 Å². The van der Waals surface area contributed by atoms with Crippen molar-refractivity contribution in [1.82, 2.24) is 4.90 Å². The average molecular weight is 229 g/mol. The Morgan fingerprint density at radius 2 is 2.07 bits per heavy atom. The molecule has 1 aromatic carbocycles. The molecule has 0 radical (unpaired) electrons. The van der Waals surface area contributed by atoms with E-state index in [-0.39, 0.29) is 0 Å². The van der Waals surface area contributed by atoms with E-state index < -0.39 is 6.10 Å². The van der Waals surface area contributed by atoms with E-state index in [2.05, 4.69) is 5.32 Å². The Morgan fingerprint density at radius 1 is 1.40 bits per heavy atom. The third-order valence-electron chi connectivity index (χ3n) is 1.98. The number of halogens is 1. The van der Waals surface area contributed by atoms with Crippen molar-refractivity contribution in [2.45, 2.75) is 6.10 Å². The van der Waals surface area contributed by atoms with Crippen molar-refractivity contribution < 1.29 is 5.11 Å². The number of nitrogens with one attached hydrogen (secondary N) is 1. The lowest BCUT2D eigenvalue weighted by molar-refractivity contribution is 0.148. The van der Waals surface area contributed by atoms with Crippen LogP contribution in [0.1, 0.15) is 0 Å². The maximum Gasteiger partial charge on any atom is 0.0838 e. The van der Waals surface area contributed by atoms with E-state index in [1.165, 1.54) is 0 Å². The quantitative estimate of drug-likeness (QED) is 0.805. The Morgan fingerprint density at radius 3 is 2.67 bits per heavy atom. The van der Waals surface area contributed by atoms with Crippen LogP contribution in [-0.4, -0.2) is 43.3 Å². The Labute approximate surface area is 95.7 Å². The second-order valence-electron chi connectivity index (χ2n) is 3.78. The predicted octanol–water partition coefficient (Wildman–Crippen LogP) is 1.67. The zero-order chi connectivity index (χ0) is 11.3. The van der Waals surface area contributed by atoms with Crippen molar-refractivity contribution in [1.29, 1.82) is 0 Å². The summed E-state index contributed by atoms with van der Waals surface area (Å²) in [5, 5.41) is 13.4. The number of aliphatic hydroxyl groups excluding tert-OH is 1. The van der Waals surface area contributed by atoms with Crippen LogP contribution < -0.4 is 5.32 Å². The molecular weight excluding hydrogens is 212 g/mol. The van der Waals surface area contributed by atoms with Gasteiger partial charge in [0.15, 0.2) is 0 Å². The van der Waals surface area contributed by atoms with Crippen molar-refractivity contribution in [3.8, 4) is 0 Å². The van der Waals surface area contributed by atoms with Gasteiger partial charge in [0.25, 0.3) is 0 Å². The highest BCUT2D eigenvalue weighted by molar-refractivity contribution is 6.33. The lowest BCUT2D eigenvalue weighted by atomic mass is 10.3. The monoisotopic (exact) mass is 228 g/mol. The molecule has 1 rings (SSSR count). The molecule has 1 atom stereocenters. The minimum atomic E-state index is -0.392. The number of anilines is 1. The van der Waals surface area contributed by atoms with E-state index in [0.717, 1.165) is 5.69 Å². The highest BCUT2D eigenvalue weighted by Crippen LogP contribution is 2.20. The van der Waals surface area contributed by atoms with E-state index in [4.69, 9.17) is 11.6 Å². The molecule has 0 aliphatic carbocycles. The minimum absolute atomic E-state index is 0.392. The third kappa shape index (κ3) is 4.51. The van der Waals surface area contributed by atoms with Crippen LogP contribution in [0.25, 0.3) is 0 Å². The van der Waals surface area contributed by atoms with Crippen LogP contribution in [0.15, 0.2) is 24.3 Å². The minimum Gasteiger partial charge on any atom is -0.390 e. The van der Waals surface area contributed by atoms with E-state index in [9.17, 15) is 5.11 Å². The summed E-state index contributed by atoms with van der Waals surface area (Å²) >= 11 is 5.96. The summed E-state index contributed by atoms with van der Waals surface area (Å²) in [6.45, 7) is 1.14. The molecule has 1 unspecified atom stereocenters. The van der Waals surface area contributed by atoms with Crippen LogP contribution in [0.3, 0.4) is 0 Å². The first-order valence-electron chi connectivity index (χ1n) is 4.91. The molecule has 0 heterocycles. The fourth-order valence-corrected chi connectivity index (χ4v) is 1.52. The average Bonchev–Trinajstić information content (AvgIpc) is 2.15. The second kappa shape index (κ2) is 5.95. The summed E-state index contributed by atoms with van der Waals surface area (Å²) in [7, 11) is 3.86. The fourth-order valence-electron chi connectivity index (χ4n) is 1.32. The summed E-state index contributed by atoms with van der Waals surface area (Å²) in [4.78, 5) is 1.94. The number of benzene rings is 1. The van der Waals surface area contributed by atoms with Crippen molar-refractivity contribution in [3.63, 3.8) is 0 Å². The largest absolute Gasteiger partial charge is 0.390 e. The molecule has 0 spiro atoms. The van der Waals surface area contributed by atoms with Gasteiger partial charge >= 0.3 is 0 Å². The Balaban J connectivity index is 2.40. The van der Waals surface area contributed by atoms with Gasteiger partial charge in [-0.2, -0.15) is 0 Å². The number of hydrogen-bond donors (Lipinski definition) is 2.